The number of carbonyl (C=O) groups excluding carboxylic acids is 1. The number of hydrogen-bond donors (Lipinski definition) is 0. The van der Waals surface area contributed by atoms with Crippen LogP contribution in [0.1, 0.15) is 13.8 Å². The summed E-state index contributed by atoms with van der Waals surface area (Å²) >= 11 is 0. The molecule has 0 aliphatic rings. The lowest BCUT2D eigenvalue weighted by Gasteiger charge is -2.21. The van der Waals surface area contributed by atoms with E-state index in [1.165, 1.54) is 22.5 Å². The number of amides is 1. The number of fused-ring (bicyclic) bond motifs is 1. The molecule has 0 radical (unpaired) electrons. The molecule has 0 aliphatic heterocycles. The average molecular weight is 319 g/mol. The molecule has 8 nitrogen and oxygen atoms in total. The molecule has 0 N–H and O–H groups in total. The molecular formula is C15H21N5O3. The van der Waals surface area contributed by atoms with Crippen molar-refractivity contribution in [3.05, 3.63) is 39.3 Å². The second kappa shape index (κ2) is 6.23. The number of nitrogens with zero attached hydrogens (tertiary/aromatic N) is 5. The first-order valence-electron chi connectivity index (χ1n) is 7.30. The minimum absolute atomic E-state index is 0.00887. The zero-order valence-corrected chi connectivity index (χ0v) is 13.9. The summed E-state index contributed by atoms with van der Waals surface area (Å²) in [5, 5.41) is 0. The average Bonchev–Trinajstić information content (AvgIpc) is 2.91. The molecule has 0 aliphatic carbocycles. The summed E-state index contributed by atoms with van der Waals surface area (Å²) < 4.78 is 3.79. The predicted octanol–water partition coefficient (Wildman–Crippen LogP) is -0.142. The Morgan fingerprint density at radius 2 is 1.96 bits per heavy atom. The molecule has 0 fully saturated rings. The van der Waals surface area contributed by atoms with Crippen LogP contribution in [-0.2, 0) is 25.4 Å². The molecule has 0 unspecified atom stereocenters. The maximum Gasteiger partial charge on any atom is 0.332 e. The molecule has 2 aromatic rings. The Morgan fingerprint density at radius 1 is 1.30 bits per heavy atom. The van der Waals surface area contributed by atoms with Gasteiger partial charge in [-0.15, -0.1) is 0 Å². The fraction of sp³-hybridized carbons (Fsp3) is 0.467. The summed E-state index contributed by atoms with van der Waals surface area (Å²) in [5.74, 6) is -0.134. The highest BCUT2D eigenvalue weighted by Gasteiger charge is 2.18. The first-order valence-corrected chi connectivity index (χ1v) is 7.30. The van der Waals surface area contributed by atoms with Gasteiger partial charge >= 0.3 is 5.69 Å². The number of likely N-dealkylation sites (N-methyl/N-ethyl adjacent to an activating group) is 1. The van der Waals surface area contributed by atoms with Crippen LogP contribution in [0.5, 0.6) is 0 Å². The number of carbonyl (C=O) groups is 1. The fourth-order valence-corrected chi connectivity index (χ4v) is 2.46. The quantitative estimate of drug-likeness (QED) is 0.718. The molecule has 2 heterocycles. The Kier molecular flexibility index (Phi) is 4.53. The maximum atomic E-state index is 12.4. The van der Waals surface area contributed by atoms with Crippen molar-refractivity contribution in [1.82, 2.24) is 23.6 Å². The number of hydrogen-bond acceptors (Lipinski definition) is 4. The summed E-state index contributed by atoms with van der Waals surface area (Å²) in [6, 6.07) is 0. The van der Waals surface area contributed by atoms with Crippen LogP contribution in [0.4, 0.5) is 0 Å². The molecule has 0 saturated carbocycles. The van der Waals surface area contributed by atoms with Gasteiger partial charge < -0.3 is 9.47 Å². The van der Waals surface area contributed by atoms with Gasteiger partial charge in [-0.3, -0.25) is 18.7 Å². The van der Waals surface area contributed by atoms with Crippen molar-refractivity contribution in [3.8, 4) is 0 Å². The maximum absolute atomic E-state index is 12.4. The van der Waals surface area contributed by atoms with E-state index in [-0.39, 0.29) is 23.6 Å². The normalized spacial score (nSPS) is 11.0. The van der Waals surface area contributed by atoms with E-state index in [0.717, 1.165) is 10.1 Å². The Balaban J connectivity index is 2.46. The summed E-state index contributed by atoms with van der Waals surface area (Å²) in [6.07, 6.45) is 1.41. The number of aryl methyl sites for hydroxylation is 1. The van der Waals surface area contributed by atoms with Gasteiger partial charge in [-0.05, 0) is 13.8 Å². The van der Waals surface area contributed by atoms with Crippen molar-refractivity contribution < 1.29 is 4.79 Å². The Labute approximate surface area is 133 Å². The van der Waals surface area contributed by atoms with Crippen molar-refractivity contribution in [3.63, 3.8) is 0 Å². The molecule has 8 heteroatoms. The van der Waals surface area contributed by atoms with Gasteiger partial charge in [0.25, 0.3) is 5.56 Å². The Morgan fingerprint density at radius 3 is 2.52 bits per heavy atom. The van der Waals surface area contributed by atoms with Crippen LogP contribution in [0.3, 0.4) is 0 Å². The molecule has 0 bridgehead atoms. The lowest BCUT2D eigenvalue weighted by Crippen LogP contribution is -2.38. The summed E-state index contributed by atoms with van der Waals surface area (Å²) in [4.78, 5) is 42.4. The molecule has 124 valence electrons. The van der Waals surface area contributed by atoms with E-state index in [4.69, 9.17) is 0 Å². The first kappa shape index (κ1) is 16.7. The van der Waals surface area contributed by atoms with Gasteiger partial charge in [-0.2, -0.15) is 0 Å². The molecule has 2 rings (SSSR count). The molecule has 0 saturated heterocycles. The van der Waals surface area contributed by atoms with Crippen LogP contribution in [0.15, 0.2) is 28.1 Å². The van der Waals surface area contributed by atoms with Crippen LogP contribution in [0.25, 0.3) is 11.2 Å². The van der Waals surface area contributed by atoms with Crippen molar-refractivity contribution in [2.24, 2.45) is 14.1 Å². The summed E-state index contributed by atoms with van der Waals surface area (Å²) in [5.41, 5.74) is 0.491. The number of aromatic nitrogens is 4. The van der Waals surface area contributed by atoms with Gasteiger partial charge in [0.15, 0.2) is 11.2 Å². The lowest BCUT2D eigenvalue weighted by molar-refractivity contribution is -0.131. The van der Waals surface area contributed by atoms with Crippen molar-refractivity contribution in [1.29, 1.82) is 0 Å². The molecule has 0 atom stereocenters. The third-order valence-corrected chi connectivity index (χ3v) is 3.72. The Bertz CT molecular complexity index is 887. The van der Waals surface area contributed by atoms with Crippen molar-refractivity contribution in [2.45, 2.75) is 20.4 Å². The van der Waals surface area contributed by atoms with Crippen LogP contribution in [0, 0.1) is 0 Å². The van der Waals surface area contributed by atoms with E-state index in [1.54, 1.807) is 11.9 Å². The van der Waals surface area contributed by atoms with E-state index in [2.05, 4.69) is 11.6 Å². The fourth-order valence-electron chi connectivity index (χ4n) is 2.46. The van der Waals surface area contributed by atoms with Gasteiger partial charge in [0.1, 0.15) is 6.54 Å². The predicted molar refractivity (Wildman–Crippen MR) is 87.3 cm³/mol. The minimum atomic E-state index is -0.462. The monoisotopic (exact) mass is 319 g/mol. The SMILES string of the molecule is C=C(C)CN(CC)C(=O)Cn1cnc2c1c(=O)n(C)c(=O)n2C. The van der Waals surface area contributed by atoms with Crippen LogP contribution >= 0.6 is 0 Å². The zero-order valence-electron chi connectivity index (χ0n) is 13.9. The van der Waals surface area contributed by atoms with E-state index in [0.29, 0.717) is 13.1 Å². The summed E-state index contributed by atoms with van der Waals surface area (Å²) in [7, 11) is 2.95. The molecular weight excluding hydrogens is 298 g/mol. The van der Waals surface area contributed by atoms with E-state index < -0.39 is 11.2 Å². The third kappa shape index (κ3) is 2.96. The molecule has 0 aromatic carbocycles. The summed E-state index contributed by atoms with van der Waals surface area (Å²) in [6.45, 7) is 8.57. The zero-order chi connectivity index (χ0) is 17.3. The standard InChI is InChI=1S/C15H21N5O3/c1-6-19(7-10(2)3)11(21)8-20-9-16-13-12(20)14(22)18(5)15(23)17(13)4/h9H,2,6-8H2,1,3-5H3. The highest BCUT2D eigenvalue weighted by molar-refractivity contribution is 5.79. The number of imidazole rings is 1. The number of rotatable bonds is 5. The van der Waals surface area contributed by atoms with Gasteiger partial charge in [0.2, 0.25) is 5.91 Å². The molecule has 0 spiro atoms. The van der Waals surface area contributed by atoms with Gasteiger partial charge in [-0.1, -0.05) is 12.2 Å². The van der Waals surface area contributed by atoms with E-state index in [1.807, 2.05) is 13.8 Å². The second-order valence-electron chi connectivity index (χ2n) is 5.62. The third-order valence-electron chi connectivity index (χ3n) is 3.72. The highest BCUT2D eigenvalue weighted by atomic mass is 16.2. The topological polar surface area (TPSA) is 82.1 Å². The van der Waals surface area contributed by atoms with Crippen molar-refractivity contribution in [2.75, 3.05) is 13.1 Å². The second-order valence-corrected chi connectivity index (χ2v) is 5.62. The van der Waals surface area contributed by atoms with Gasteiger partial charge in [0, 0.05) is 27.2 Å². The van der Waals surface area contributed by atoms with Crippen molar-refractivity contribution >= 4 is 17.1 Å². The highest BCUT2D eigenvalue weighted by Crippen LogP contribution is 2.07. The molecule has 1 amide bonds. The minimum Gasteiger partial charge on any atom is -0.337 e. The molecule has 2 aromatic heterocycles. The first-order chi connectivity index (χ1) is 10.8. The van der Waals surface area contributed by atoms with Gasteiger partial charge in [0.05, 0.1) is 6.33 Å². The van der Waals surface area contributed by atoms with Gasteiger partial charge in [-0.25, -0.2) is 9.78 Å². The Hall–Kier alpha value is -2.64. The van der Waals surface area contributed by atoms with E-state index in [9.17, 15) is 14.4 Å². The largest absolute Gasteiger partial charge is 0.337 e. The van der Waals surface area contributed by atoms with E-state index >= 15 is 0 Å². The smallest absolute Gasteiger partial charge is 0.332 e. The lowest BCUT2D eigenvalue weighted by atomic mass is 10.3. The van der Waals surface area contributed by atoms with Crippen LogP contribution in [-0.4, -0.2) is 42.6 Å². The van der Waals surface area contributed by atoms with Crippen LogP contribution < -0.4 is 11.2 Å². The van der Waals surface area contributed by atoms with Crippen LogP contribution in [0.2, 0.25) is 0 Å². The molecule has 23 heavy (non-hydrogen) atoms.